The Bertz CT molecular complexity index is 6310. The molecule has 0 radical (unpaired) electrons. The monoisotopic (exact) mass is 1920 g/mol. The van der Waals surface area contributed by atoms with E-state index in [0.717, 1.165) is 116 Å². The number of hydrogen-bond acceptors (Lipinski definition) is 20. The Morgan fingerprint density at radius 1 is 0.423 bits per heavy atom. The van der Waals surface area contributed by atoms with Crippen molar-refractivity contribution in [2.75, 3.05) is 39.0 Å². The van der Waals surface area contributed by atoms with Gasteiger partial charge in [-0.1, -0.05) is 108 Å². The number of ether oxygens (including phenoxy) is 1. The Labute approximate surface area is 799 Å². The Hall–Kier alpha value is -11.9. The van der Waals surface area contributed by atoms with Gasteiger partial charge in [0, 0.05) is 79.7 Å². The Balaban J connectivity index is 0.000000170. The van der Waals surface area contributed by atoms with Crippen LogP contribution in [0.3, 0.4) is 0 Å². The smallest absolute Gasteiger partial charge is 0.390 e. The quantitative estimate of drug-likeness (QED) is 0.0218. The fourth-order valence-electron chi connectivity index (χ4n) is 15.0. The molecule has 137 heavy (non-hydrogen) atoms. The molecule has 12 aromatic rings. The summed E-state index contributed by atoms with van der Waals surface area (Å²) in [7, 11) is 1.60. The van der Waals surface area contributed by atoms with Crippen molar-refractivity contribution < 1.29 is 65.0 Å². The van der Waals surface area contributed by atoms with Crippen LogP contribution in [-0.4, -0.2) is 158 Å². The molecule has 0 atom stereocenters. The highest BCUT2D eigenvalue weighted by Crippen LogP contribution is 2.41. The number of alkyl halides is 6. The first-order chi connectivity index (χ1) is 63.7. The van der Waals surface area contributed by atoms with Crippen molar-refractivity contribution in [3.63, 3.8) is 0 Å². The second-order valence-electron chi connectivity index (χ2n) is 41.7. The average molecular weight is 1920 g/mol. The average Bonchev–Trinajstić information content (AvgIpc) is 1.63. The SMILES string of the molecule is C=Cc1ccc2nc(NC(=O)CC(C)(C)C)n(CC(F)(F)F)c2n1.CCc1ccc2nc(NC(=O)CC(C)(C)C)n(CC(F)(F)F)c2n1.COC(C)(C)CC(=O)Nc1nc2ccc(Cl)nc2n1C1CCC1.Cc1ccc2nc(NC(=O)CC(C)(C)C)n(C(C)C)c2n1.Cc1ccc2nc(NC(=O)CC(C)(C)O)n(C3CCC3)c2n1.Cc1ccc2nc(NC(=O)CCC(C)(C)C)n(C3CCC3)c2n1. The highest BCUT2D eigenvalue weighted by molar-refractivity contribution is 6.29. The third kappa shape index (κ3) is 31.0. The first-order valence-electron chi connectivity index (χ1n) is 46.4. The molecule has 742 valence electrons. The summed E-state index contributed by atoms with van der Waals surface area (Å²) in [6.45, 7) is 43.7. The van der Waals surface area contributed by atoms with Gasteiger partial charge in [0.2, 0.25) is 71.1 Å². The summed E-state index contributed by atoms with van der Waals surface area (Å²) in [6.07, 6.45) is 5.72. The number of rotatable bonds is 24. The van der Waals surface area contributed by atoms with Crippen molar-refractivity contribution in [3.05, 3.63) is 113 Å². The molecule has 15 rings (SSSR count). The molecule has 0 aromatic carbocycles. The second kappa shape index (κ2) is 43.8. The molecular formula is C98H133ClF6N24O8. The van der Waals surface area contributed by atoms with Gasteiger partial charge in [-0.25, -0.2) is 59.8 Å². The molecule has 3 aliphatic rings. The lowest BCUT2D eigenvalue weighted by Gasteiger charge is -2.29. The van der Waals surface area contributed by atoms with Gasteiger partial charge >= 0.3 is 12.4 Å². The number of hydrogen-bond donors (Lipinski definition) is 7. The van der Waals surface area contributed by atoms with Gasteiger partial charge in [-0.3, -0.25) is 88.1 Å². The maximum atomic E-state index is 12.9. The lowest BCUT2D eigenvalue weighted by molar-refractivity contribution is -0.140. The number of nitrogens with one attached hydrogen (secondary N) is 6. The van der Waals surface area contributed by atoms with E-state index in [-0.39, 0.29) is 112 Å². The standard InChI is InChI=1S/C18H26N4O.C16H21ClN4O2.C16H21F3N4O.C16H19F3N4O.C16H22N4O2.C16H24N4O/c1-12-8-9-14-16(19-12)22(13-6-5-7-13)17(20-14)21-15(23)10-11-18(2,3)4;1-16(2,23-3)9-13(22)20-15-18-11-7-8-12(17)19-14(11)21(15)10-5-4-6-10;2*1-5-10-6-7-11-13(20-10)23(9-16(17,18)19)14(21-11)22-12(24)8-15(2,3)4;1-10-7-8-12-14(17-10)20(11-5-4-6-11)15(18-12)19-13(21)9-16(2,3)22;1-10(2)20-14-12(8-7-11(3)17-14)18-15(20)19-13(21)9-16(4,5)6/h8-9,13H,5-7,10-11H2,1-4H3,(H,20,21,23);7-8,10H,4-6,9H2,1-3H3,(H,18,20,22);6-7H,5,8-9H2,1-4H3,(H,21,22,24);5-7H,1,8-9H2,2-4H3,(H,21,22,24);7-8,11,22H,4-6,9H2,1-3H3,(H,18,19,21);7-8,10H,9H2,1-6H3,(H,18,19,21). The maximum Gasteiger partial charge on any atom is 0.406 e. The van der Waals surface area contributed by atoms with E-state index < -0.39 is 42.6 Å². The first-order valence-corrected chi connectivity index (χ1v) is 46.8. The molecule has 0 spiro atoms. The molecule has 0 saturated heterocycles. The minimum absolute atomic E-state index is 0.0172. The second-order valence-corrected chi connectivity index (χ2v) is 42.1. The summed E-state index contributed by atoms with van der Waals surface area (Å²) in [4.78, 5) is 126. The Kier molecular flexibility index (Phi) is 34.3. The Morgan fingerprint density at radius 2 is 0.752 bits per heavy atom. The van der Waals surface area contributed by atoms with Crippen molar-refractivity contribution in [2.24, 2.45) is 21.7 Å². The fourth-order valence-corrected chi connectivity index (χ4v) is 15.1. The number of amides is 6. The molecule has 12 heterocycles. The van der Waals surface area contributed by atoms with E-state index in [2.05, 4.69) is 137 Å². The third-order valence-corrected chi connectivity index (χ3v) is 22.5. The van der Waals surface area contributed by atoms with Crippen molar-refractivity contribution >= 4 is 156 Å². The van der Waals surface area contributed by atoms with Crippen LogP contribution < -0.4 is 31.9 Å². The highest BCUT2D eigenvalue weighted by Gasteiger charge is 2.37. The predicted octanol–water partition coefficient (Wildman–Crippen LogP) is 22.0. The molecule has 7 N–H and O–H groups in total. The number of anilines is 6. The van der Waals surface area contributed by atoms with Gasteiger partial charge in [0.25, 0.3) is 0 Å². The van der Waals surface area contributed by atoms with Crippen LogP contribution in [0.5, 0.6) is 0 Å². The third-order valence-electron chi connectivity index (χ3n) is 22.3. The molecule has 3 saturated carbocycles. The lowest BCUT2D eigenvalue weighted by atomic mass is 9.90. The Morgan fingerprint density at radius 3 is 1.12 bits per heavy atom. The summed E-state index contributed by atoms with van der Waals surface area (Å²) in [5, 5.41) is 26.8. The van der Waals surface area contributed by atoms with E-state index in [1.165, 1.54) is 25.3 Å². The lowest BCUT2D eigenvalue weighted by Crippen LogP contribution is -2.30. The molecule has 39 heteroatoms. The van der Waals surface area contributed by atoms with Crippen molar-refractivity contribution in [1.29, 1.82) is 0 Å². The molecule has 32 nitrogen and oxygen atoms in total. The number of aliphatic hydroxyl groups is 1. The molecule has 12 aromatic heterocycles. The van der Waals surface area contributed by atoms with Crippen LogP contribution in [0, 0.1) is 42.4 Å². The largest absolute Gasteiger partial charge is 0.406 e. The van der Waals surface area contributed by atoms with E-state index in [9.17, 15) is 60.2 Å². The van der Waals surface area contributed by atoms with Gasteiger partial charge in [-0.2, -0.15) is 26.3 Å². The van der Waals surface area contributed by atoms with E-state index in [0.29, 0.717) is 83.2 Å². The maximum absolute atomic E-state index is 12.9. The van der Waals surface area contributed by atoms with E-state index in [1.807, 2.05) is 160 Å². The molecule has 6 amide bonds. The highest BCUT2D eigenvalue weighted by atomic mass is 35.5. The zero-order chi connectivity index (χ0) is 101. The van der Waals surface area contributed by atoms with Gasteiger partial charge in [-0.05, 0) is 233 Å². The van der Waals surface area contributed by atoms with Crippen LogP contribution in [0.15, 0.2) is 79.4 Å². The van der Waals surface area contributed by atoms with Crippen LogP contribution >= 0.6 is 11.6 Å². The van der Waals surface area contributed by atoms with Gasteiger partial charge in [-0.15, -0.1) is 0 Å². The van der Waals surface area contributed by atoms with Gasteiger partial charge in [0.05, 0.1) is 29.7 Å². The van der Waals surface area contributed by atoms with Crippen molar-refractivity contribution in [2.45, 2.75) is 322 Å². The van der Waals surface area contributed by atoms with Crippen LogP contribution in [0.1, 0.15) is 287 Å². The first kappa shape index (κ1) is 107. The number of methoxy groups -OCH3 is 1. The summed E-state index contributed by atoms with van der Waals surface area (Å²) in [5.74, 6) is 0.894. The number of carbonyl (C=O) groups excluding carboxylic acids is 6. The van der Waals surface area contributed by atoms with Crippen molar-refractivity contribution in [3.8, 4) is 0 Å². The van der Waals surface area contributed by atoms with Crippen LogP contribution in [0.4, 0.5) is 62.0 Å². The van der Waals surface area contributed by atoms with Crippen molar-refractivity contribution in [1.82, 2.24) is 87.2 Å². The zero-order valence-corrected chi connectivity index (χ0v) is 83.7. The fraction of sp³-hybridized carbons (Fsp3) is 0.551. The van der Waals surface area contributed by atoms with Crippen LogP contribution in [0.25, 0.3) is 73.1 Å². The molecule has 3 fully saturated rings. The normalized spacial score (nSPS) is 14.0. The number of aromatic nitrogens is 18. The minimum atomic E-state index is -4.47. The number of nitrogens with zero attached hydrogens (tertiary/aromatic N) is 18. The predicted molar refractivity (Wildman–Crippen MR) is 524 cm³/mol. The number of halogens is 7. The topological polar surface area (TPSA) is 388 Å². The molecule has 0 bridgehead atoms. The summed E-state index contributed by atoms with van der Waals surface area (Å²) >= 11 is 6.02. The summed E-state index contributed by atoms with van der Waals surface area (Å²) in [5.41, 5.74) is 9.14. The number of pyridine rings is 6. The van der Waals surface area contributed by atoms with Crippen LogP contribution in [0.2, 0.25) is 5.15 Å². The summed E-state index contributed by atoms with van der Waals surface area (Å²) in [6, 6.07) is 22.9. The van der Waals surface area contributed by atoms with Gasteiger partial charge in [0.1, 0.15) is 51.3 Å². The number of fused-ring (bicyclic) bond motifs is 6. The van der Waals surface area contributed by atoms with E-state index >= 15 is 0 Å². The summed E-state index contributed by atoms with van der Waals surface area (Å²) < 4.78 is 92.7. The molecule has 3 aliphatic carbocycles. The minimum Gasteiger partial charge on any atom is -0.390 e. The van der Waals surface area contributed by atoms with Crippen LogP contribution in [-0.2, 0) is 53.0 Å². The van der Waals surface area contributed by atoms with Gasteiger partial charge < -0.3 is 9.84 Å². The number of imidazole rings is 6. The van der Waals surface area contributed by atoms with E-state index in [4.69, 9.17) is 16.3 Å². The molecule has 0 aliphatic heterocycles. The molecule has 0 unspecified atom stereocenters. The number of carbonyl (C=O) groups is 6. The van der Waals surface area contributed by atoms with E-state index in [1.54, 1.807) is 51.3 Å². The van der Waals surface area contributed by atoms with Gasteiger partial charge in [0.15, 0.2) is 33.9 Å². The zero-order valence-electron chi connectivity index (χ0n) is 83.0. The molecular weight excluding hydrogens is 1790 g/mol. The number of aryl methyl sites for hydroxylation is 4.